The Morgan fingerprint density at radius 2 is 1.90 bits per heavy atom. The third-order valence-electron chi connectivity index (χ3n) is 4.92. The van der Waals surface area contributed by atoms with Gasteiger partial charge in [-0.3, -0.25) is 9.59 Å². The van der Waals surface area contributed by atoms with Crippen LogP contribution < -0.4 is 5.32 Å². The highest BCUT2D eigenvalue weighted by atomic mass is 32.2. The Balaban J connectivity index is 1.29. The molecule has 1 fully saturated rings. The molecule has 1 unspecified atom stereocenters. The molecule has 8 heteroatoms. The molecular weight excluding hydrogens is 416 g/mol. The fourth-order valence-electron chi connectivity index (χ4n) is 3.26. The number of carbonyl (C=O) groups excluding carboxylic acids is 2. The predicted molar refractivity (Wildman–Crippen MR) is 119 cm³/mol. The lowest BCUT2D eigenvalue weighted by Gasteiger charge is -2.16. The lowest BCUT2D eigenvalue weighted by atomic mass is 10.1. The maximum atomic E-state index is 12.6. The quantitative estimate of drug-likeness (QED) is 0.444. The summed E-state index contributed by atoms with van der Waals surface area (Å²) in [7, 11) is 0. The Morgan fingerprint density at radius 3 is 2.67 bits per heavy atom. The van der Waals surface area contributed by atoms with Crippen LogP contribution in [0, 0.1) is 12.8 Å². The molecule has 3 aromatic rings. The van der Waals surface area contributed by atoms with Gasteiger partial charge in [-0.25, -0.2) is 0 Å². The number of aryl methyl sites for hydroxylation is 1. The van der Waals surface area contributed by atoms with Gasteiger partial charge in [0.05, 0.1) is 5.92 Å². The number of amides is 2. The number of aromatic nitrogens is 2. The zero-order valence-electron chi connectivity index (χ0n) is 16.6. The molecule has 1 aliphatic rings. The third kappa shape index (κ3) is 5.25. The molecular formula is C22H22N4O2S2. The number of rotatable bonds is 7. The van der Waals surface area contributed by atoms with Crippen LogP contribution in [0.3, 0.4) is 0 Å². The molecule has 6 nitrogen and oxygen atoms in total. The summed E-state index contributed by atoms with van der Waals surface area (Å²) in [5.41, 5.74) is 3.46. The van der Waals surface area contributed by atoms with Crippen LogP contribution in [0.1, 0.15) is 23.1 Å². The van der Waals surface area contributed by atoms with E-state index in [1.165, 1.54) is 22.5 Å². The smallest absolute Gasteiger partial charge is 0.231 e. The van der Waals surface area contributed by atoms with E-state index in [2.05, 4.69) is 27.6 Å². The number of nitrogens with one attached hydrogen (secondary N) is 1. The molecule has 154 valence electrons. The average Bonchev–Trinajstić information content (AvgIpc) is 3.35. The highest BCUT2D eigenvalue weighted by molar-refractivity contribution is 8.00. The van der Waals surface area contributed by atoms with Crippen molar-refractivity contribution >= 4 is 40.0 Å². The van der Waals surface area contributed by atoms with E-state index in [0.29, 0.717) is 18.2 Å². The lowest BCUT2D eigenvalue weighted by Crippen LogP contribution is -2.28. The monoisotopic (exact) mass is 438 g/mol. The fraction of sp³-hybridized carbons (Fsp3) is 0.273. The molecule has 2 heterocycles. The number of anilines is 1. The second kappa shape index (κ2) is 9.40. The number of thioether (sulfide) groups is 1. The van der Waals surface area contributed by atoms with Crippen LogP contribution in [0.15, 0.2) is 58.9 Å². The van der Waals surface area contributed by atoms with Crippen molar-refractivity contribution < 1.29 is 9.59 Å². The minimum atomic E-state index is -0.368. The van der Waals surface area contributed by atoms with E-state index in [0.717, 1.165) is 15.7 Å². The summed E-state index contributed by atoms with van der Waals surface area (Å²) in [6.45, 7) is 2.99. The van der Waals surface area contributed by atoms with Gasteiger partial charge in [-0.05, 0) is 18.1 Å². The second-order valence-corrected chi connectivity index (χ2v) is 9.50. The maximum absolute atomic E-state index is 12.6. The number of benzene rings is 2. The van der Waals surface area contributed by atoms with E-state index < -0.39 is 0 Å². The summed E-state index contributed by atoms with van der Waals surface area (Å²) in [6, 6.07) is 18.2. The van der Waals surface area contributed by atoms with Crippen molar-refractivity contribution in [2.75, 3.05) is 11.9 Å². The van der Waals surface area contributed by atoms with Gasteiger partial charge < -0.3 is 10.2 Å². The number of hydrogen-bond acceptors (Lipinski definition) is 6. The Hall–Kier alpha value is -2.71. The van der Waals surface area contributed by atoms with Crippen molar-refractivity contribution in [3.05, 3.63) is 71.3 Å². The Bertz CT molecular complexity index is 1020. The van der Waals surface area contributed by atoms with Crippen LogP contribution in [0.25, 0.3) is 0 Å². The molecule has 0 bridgehead atoms. The van der Waals surface area contributed by atoms with Gasteiger partial charge in [0, 0.05) is 25.3 Å². The molecule has 1 N–H and O–H groups in total. The summed E-state index contributed by atoms with van der Waals surface area (Å²) in [5, 5.41) is 11.5. The van der Waals surface area contributed by atoms with E-state index >= 15 is 0 Å². The van der Waals surface area contributed by atoms with Crippen molar-refractivity contribution in [2.45, 2.75) is 30.0 Å². The van der Waals surface area contributed by atoms with E-state index in [9.17, 15) is 9.59 Å². The van der Waals surface area contributed by atoms with Crippen LogP contribution >= 0.6 is 23.1 Å². The SMILES string of the molecule is Cc1ccc(CN2CC(C(=O)Nc3nnc(SCc4ccccc4)s3)CC2=O)cc1. The standard InChI is InChI=1S/C22H22N4O2S2/c1-15-7-9-16(10-8-15)12-26-13-18(11-19(26)27)20(28)23-21-24-25-22(30-21)29-14-17-5-3-2-4-6-17/h2-10,18H,11-14H2,1H3,(H,23,24,28). The minimum Gasteiger partial charge on any atom is -0.338 e. The molecule has 0 spiro atoms. The van der Waals surface area contributed by atoms with Gasteiger partial charge in [-0.1, -0.05) is 83.3 Å². The first kappa shape index (κ1) is 20.6. The number of carbonyl (C=O) groups is 2. The van der Waals surface area contributed by atoms with Crippen LogP contribution in [0.2, 0.25) is 0 Å². The number of nitrogens with zero attached hydrogens (tertiary/aromatic N) is 3. The predicted octanol–water partition coefficient (Wildman–Crippen LogP) is 4.13. The summed E-state index contributed by atoms with van der Waals surface area (Å²) < 4.78 is 0.803. The molecule has 1 atom stereocenters. The highest BCUT2D eigenvalue weighted by Crippen LogP contribution is 2.29. The average molecular weight is 439 g/mol. The van der Waals surface area contributed by atoms with Gasteiger partial charge in [0.2, 0.25) is 16.9 Å². The number of likely N-dealkylation sites (tertiary alicyclic amines) is 1. The zero-order chi connectivity index (χ0) is 20.9. The van der Waals surface area contributed by atoms with Crippen LogP contribution in [-0.2, 0) is 21.9 Å². The van der Waals surface area contributed by atoms with Gasteiger partial charge in [0.1, 0.15) is 0 Å². The first-order valence-corrected chi connectivity index (χ1v) is 11.5. The molecule has 0 saturated carbocycles. The number of hydrogen-bond donors (Lipinski definition) is 1. The molecule has 2 aromatic carbocycles. The molecule has 4 rings (SSSR count). The Morgan fingerprint density at radius 1 is 1.13 bits per heavy atom. The maximum Gasteiger partial charge on any atom is 0.231 e. The van der Waals surface area contributed by atoms with Crippen molar-refractivity contribution in [1.82, 2.24) is 15.1 Å². The van der Waals surface area contributed by atoms with E-state index in [4.69, 9.17) is 0 Å². The zero-order valence-corrected chi connectivity index (χ0v) is 18.2. The molecule has 30 heavy (non-hydrogen) atoms. The topological polar surface area (TPSA) is 75.2 Å². The normalized spacial score (nSPS) is 16.1. The largest absolute Gasteiger partial charge is 0.338 e. The van der Waals surface area contributed by atoms with Crippen molar-refractivity contribution in [1.29, 1.82) is 0 Å². The molecule has 0 radical (unpaired) electrons. The molecule has 2 amide bonds. The minimum absolute atomic E-state index is 0.00657. The summed E-state index contributed by atoms with van der Waals surface area (Å²) in [6.07, 6.45) is 0.228. The third-order valence-corrected chi connectivity index (χ3v) is 6.96. The van der Waals surface area contributed by atoms with Crippen LogP contribution in [-0.4, -0.2) is 33.5 Å². The van der Waals surface area contributed by atoms with E-state index in [1.807, 2.05) is 49.4 Å². The Labute approximate surface area is 183 Å². The summed E-state index contributed by atoms with van der Waals surface area (Å²) in [5.74, 6) is 0.263. The van der Waals surface area contributed by atoms with Gasteiger partial charge in [0.25, 0.3) is 0 Å². The molecule has 0 aliphatic carbocycles. The van der Waals surface area contributed by atoms with Gasteiger partial charge >= 0.3 is 0 Å². The van der Waals surface area contributed by atoms with Crippen LogP contribution in [0.5, 0.6) is 0 Å². The van der Waals surface area contributed by atoms with Crippen LogP contribution in [0.4, 0.5) is 5.13 Å². The van der Waals surface area contributed by atoms with Crippen molar-refractivity contribution in [3.63, 3.8) is 0 Å². The first-order chi connectivity index (χ1) is 14.6. The molecule has 1 saturated heterocycles. The summed E-state index contributed by atoms with van der Waals surface area (Å²) >= 11 is 2.94. The highest BCUT2D eigenvalue weighted by Gasteiger charge is 2.34. The van der Waals surface area contributed by atoms with E-state index in [-0.39, 0.29) is 24.2 Å². The van der Waals surface area contributed by atoms with Gasteiger partial charge in [-0.2, -0.15) is 0 Å². The lowest BCUT2D eigenvalue weighted by molar-refractivity contribution is -0.128. The second-order valence-electron chi connectivity index (χ2n) is 7.30. The van der Waals surface area contributed by atoms with Crippen molar-refractivity contribution in [2.24, 2.45) is 5.92 Å². The molecule has 1 aliphatic heterocycles. The van der Waals surface area contributed by atoms with E-state index in [1.54, 1.807) is 16.7 Å². The Kier molecular flexibility index (Phi) is 6.44. The first-order valence-electron chi connectivity index (χ1n) is 9.71. The van der Waals surface area contributed by atoms with Gasteiger partial charge in [0.15, 0.2) is 4.34 Å². The van der Waals surface area contributed by atoms with Crippen molar-refractivity contribution in [3.8, 4) is 0 Å². The summed E-state index contributed by atoms with van der Waals surface area (Å²) in [4.78, 5) is 26.7. The van der Waals surface area contributed by atoms with Gasteiger partial charge in [-0.15, -0.1) is 10.2 Å². The molecule has 1 aromatic heterocycles. The fourth-order valence-corrected chi connectivity index (χ4v) is 4.97.